The number of nitrogens with one attached hydrogen (secondary N) is 1. The van der Waals surface area contributed by atoms with E-state index >= 15 is 0 Å². The van der Waals surface area contributed by atoms with Crippen molar-refractivity contribution >= 4 is 15.7 Å². The van der Waals surface area contributed by atoms with Crippen molar-refractivity contribution in [3.63, 3.8) is 0 Å². The minimum absolute atomic E-state index is 0.174. The molecule has 0 saturated heterocycles. The van der Waals surface area contributed by atoms with E-state index in [2.05, 4.69) is 4.72 Å². The zero-order chi connectivity index (χ0) is 15.7. The Morgan fingerprint density at radius 3 is 2.43 bits per heavy atom. The summed E-state index contributed by atoms with van der Waals surface area (Å²) in [4.78, 5) is 0.207. The topological polar surface area (TPSA) is 92.4 Å². The van der Waals surface area contributed by atoms with Crippen LogP contribution in [0.25, 0.3) is 0 Å². The zero-order valence-electron chi connectivity index (χ0n) is 12.6. The number of hydrogen-bond donors (Lipinski definition) is 3. The highest BCUT2D eigenvalue weighted by atomic mass is 32.2. The number of nitrogens with two attached hydrogens (primary N) is 1. The van der Waals surface area contributed by atoms with Crippen LogP contribution in [0.2, 0.25) is 0 Å². The van der Waals surface area contributed by atoms with Crippen molar-refractivity contribution in [2.24, 2.45) is 0 Å². The molecule has 0 heterocycles. The number of aryl methyl sites for hydroxylation is 1. The van der Waals surface area contributed by atoms with Gasteiger partial charge in [0.15, 0.2) is 0 Å². The summed E-state index contributed by atoms with van der Waals surface area (Å²) in [6.07, 6.45) is 4.28. The van der Waals surface area contributed by atoms with Crippen LogP contribution in [-0.2, 0) is 10.0 Å². The first kappa shape index (κ1) is 16.3. The zero-order valence-corrected chi connectivity index (χ0v) is 13.5. The van der Waals surface area contributed by atoms with Crippen LogP contribution in [0, 0.1) is 13.8 Å². The maximum Gasteiger partial charge on any atom is 0.241 e. The van der Waals surface area contributed by atoms with Crippen molar-refractivity contribution < 1.29 is 13.5 Å². The van der Waals surface area contributed by atoms with E-state index in [0.29, 0.717) is 24.1 Å². The van der Waals surface area contributed by atoms with Gasteiger partial charge in [-0.25, -0.2) is 13.1 Å². The third-order valence-corrected chi connectivity index (χ3v) is 6.00. The fraction of sp³-hybridized carbons (Fsp3) is 0.600. The lowest BCUT2D eigenvalue weighted by atomic mass is 9.83. The molecule has 0 bridgehead atoms. The molecule has 1 aromatic rings. The van der Waals surface area contributed by atoms with E-state index in [-0.39, 0.29) is 11.5 Å². The molecular formula is C15H24N2O3S. The Bertz CT molecular complexity index is 620. The molecule has 118 valence electrons. The summed E-state index contributed by atoms with van der Waals surface area (Å²) in [5.74, 6) is 0. The SMILES string of the molecule is Cc1cc(N)c(C)c(S(=O)(=O)NC2(CO)CCCCC2)c1. The maximum absolute atomic E-state index is 12.7. The van der Waals surface area contributed by atoms with Gasteiger partial charge in [0, 0.05) is 5.69 Å². The second kappa shape index (κ2) is 5.94. The molecule has 0 amide bonds. The van der Waals surface area contributed by atoms with E-state index < -0.39 is 15.6 Å². The van der Waals surface area contributed by atoms with E-state index in [1.807, 2.05) is 6.92 Å². The number of anilines is 1. The van der Waals surface area contributed by atoms with Gasteiger partial charge in [0.2, 0.25) is 10.0 Å². The summed E-state index contributed by atoms with van der Waals surface area (Å²) >= 11 is 0. The summed E-state index contributed by atoms with van der Waals surface area (Å²) in [6, 6.07) is 3.39. The molecule has 2 rings (SSSR count). The molecule has 0 radical (unpaired) electrons. The van der Waals surface area contributed by atoms with E-state index in [9.17, 15) is 13.5 Å². The monoisotopic (exact) mass is 312 g/mol. The van der Waals surface area contributed by atoms with Crippen molar-refractivity contribution in [2.45, 2.75) is 56.4 Å². The molecule has 1 saturated carbocycles. The average molecular weight is 312 g/mol. The van der Waals surface area contributed by atoms with Crippen LogP contribution in [0.4, 0.5) is 5.69 Å². The Morgan fingerprint density at radius 1 is 1.24 bits per heavy atom. The van der Waals surface area contributed by atoms with Crippen molar-refractivity contribution in [1.29, 1.82) is 0 Å². The van der Waals surface area contributed by atoms with Gasteiger partial charge in [0.1, 0.15) is 0 Å². The van der Waals surface area contributed by atoms with Crippen LogP contribution < -0.4 is 10.5 Å². The summed E-state index contributed by atoms with van der Waals surface area (Å²) in [7, 11) is -3.70. The van der Waals surface area contributed by atoms with Gasteiger partial charge in [-0.3, -0.25) is 0 Å². The maximum atomic E-state index is 12.7. The van der Waals surface area contributed by atoms with Gasteiger partial charge < -0.3 is 10.8 Å². The highest BCUT2D eigenvalue weighted by Gasteiger charge is 2.36. The van der Waals surface area contributed by atoms with Gasteiger partial charge in [0.05, 0.1) is 17.0 Å². The van der Waals surface area contributed by atoms with E-state index in [1.165, 1.54) is 0 Å². The molecule has 0 unspecified atom stereocenters. The van der Waals surface area contributed by atoms with Gasteiger partial charge in [-0.2, -0.15) is 0 Å². The molecular weight excluding hydrogens is 288 g/mol. The standard InChI is InChI=1S/C15H24N2O3S/c1-11-8-13(16)12(2)14(9-11)21(19,20)17-15(10-18)6-4-3-5-7-15/h8-9,17-18H,3-7,10,16H2,1-2H3. The van der Waals surface area contributed by atoms with E-state index in [1.54, 1.807) is 19.1 Å². The molecule has 1 fully saturated rings. The Hall–Kier alpha value is -1.11. The average Bonchev–Trinajstić information content (AvgIpc) is 2.43. The summed E-state index contributed by atoms with van der Waals surface area (Å²) in [6.45, 7) is 3.35. The second-order valence-corrected chi connectivity index (χ2v) is 7.73. The normalized spacial score (nSPS) is 18.6. The Morgan fingerprint density at radius 2 is 1.86 bits per heavy atom. The van der Waals surface area contributed by atoms with Crippen LogP contribution in [0.3, 0.4) is 0 Å². The molecule has 0 atom stereocenters. The van der Waals surface area contributed by atoms with Gasteiger partial charge in [0.25, 0.3) is 0 Å². The van der Waals surface area contributed by atoms with Crippen molar-refractivity contribution in [3.8, 4) is 0 Å². The fourth-order valence-corrected chi connectivity index (χ4v) is 4.80. The number of aliphatic hydroxyl groups is 1. The molecule has 1 aliphatic carbocycles. The molecule has 5 nitrogen and oxygen atoms in total. The lowest BCUT2D eigenvalue weighted by Crippen LogP contribution is -2.52. The highest BCUT2D eigenvalue weighted by Crippen LogP contribution is 2.31. The molecule has 1 aromatic carbocycles. The number of rotatable bonds is 4. The van der Waals surface area contributed by atoms with Crippen molar-refractivity contribution in [2.75, 3.05) is 12.3 Å². The largest absolute Gasteiger partial charge is 0.398 e. The van der Waals surface area contributed by atoms with Crippen LogP contribution in [0.1, 0.15) is 43.2 Å². The second-order valence-electron chi connectivity index (χ2n) is 6.08. The lowest BCUT2D eigenvalue weighted by Gasteiger charge is -2.36. The predicted octanol–water partition coefficient (Wildman–Crippen LogP) is 1.86. The van der Waals surface area contributed by atoms with Crippen molar-refractivity contribution in [1.82, 2.24) is 4.72 Å². The number of aliphatic hydroxyl groups excluding tert-OH is 1. The first-order chi connectivity index (χ1) is 9.80. The number of nitrogen functional groups attached to an aromatic ring is 1. The smallest absolute Gasteiger partial charge is 0.241 e. The minimum atomic E-state index is -3.70. The van der Waals surface area contributed by atoms with Crippen molar-refractivity contribution in [3.05, 3.63) is 23.3 Å². The molecule has 21 heavy (non-hydrogen) atoms. The molecule has 0 spiro atoms. The molecule has 0 aromatic heterocycles. The van der Waals surface area contributed by atoms with Crippen LogP contribution >= 0.6 is 0 Å². The quantitative estimate of drug-likeness (QED) is 0.740. The fourth-order valence-electron chi connectivity index (χ4n) is 2.99. The lowest BCUT2D eigenvalue weighted by molar-refractivity contribution is 0.142. The first-order valence-corrected chi connectivity index (χ1v) is 8.80. The van der Waals surface area contributed by atoms with Crippen LogP contribution in [-0.4, -0.2) is 25.7 Å². The molecule has 1 aliphatic rings. The summed E-state index contributed by atoms with van der Waals surface area (Å²) in [5.41, 5.74) is 6.97. The summed E-state index contributed by atoms with van der Waals surface area (Å²) < 4.78 is 28.2. The number of sulfonamides is 1. The molecule has 0 aliphatic heterocycles. The van der Waals surface area contributed by atoms with Gasteiger partial charge in [-0.15, -0.1) is 0 Å². The minimum Gasteiger partial charge on any atom is -0.398 e. The summed E-state index contributed by atoms with van der Waals surface area (Å²) in [5, 5.41) is 9.68. The number of benzene rings is 1. The Kier molecular flexibility index (Phi) is 4.60. The van der Waals surface area contributed by atoms with Crippen LogP contribution in [0.5, 0.6) is 0 Å². The number of hydrogen-bond acceptors (Lipinski definition) is 4. The van der Waals surface area contributed by atoms with Gasteiger partial charge in [-0.05, 0) is 49.9 Å². The Balaban J connectivity index is 2.38. The van der Waals surface area contributed by atoms with E-state index in [4.69, 9.17) is 5.73 Å². The molecule has 4 N–H and O–H groups in total. The first-order valence-electron chi connectivity index (χ1n) is 7.31. The Labute approximate surface area is 126 Å². The third kappa shape index (κ3) is 3.39. The molecule has 6 heteroatoms. The third-order valence-electron chi connectivity index (χ3n) is 4.30. The van der Waals surface area contributed by atoms with E-state index in [0.717, 1.165) is 24.8 Å². The highest BCUT2D eigenvalue weighted by molar-refractivity contribution is 7.89. The van der Waals surface area contributed by atoms with Gasteiger partial charge in [-0.1, -0.05) is 19.3 Å². The predicted molar refractivity (Wildman–Crippen MR) is 83.6 cm³/mol. The van der Waals surface area contributed by atoms with Gasteiger partial charge >= 0.3 is 0 Å². The van der Waals surface area contributed by atoms with Crippen LogP contribution in [0.15, 0.2) is 17.0 Å².